The van der Waals surface area contributed by atoms with E-state index in [-0.39, 0.29) is 0 Å². The van der Waals surface area contributed by atoms with E-state index in [0.717, 1.165) is 17.1 Å². The molecule has 3 aromatic rings. The van der Waals surface area contributed by atoms with Crippen molar-refractivity contribution in [1.82, 2.24) is 0 Å². The lowest BCUT2D eigenvalue weighted by atomic mass is 10.1. The van der Waals surface area contributed by atoms with Gasteiger partial charge in [-0.2, -0.15) is 0 Å². The molecule has 3 aromatic carbocycles. The van der Waals surface area contributed by atoms with Gasteiger partial charge in [0.2, 0.25) is 0 Å². The molecule has 0 radical (unpaired) electrons. The summed E-state index contributed by atoms with van der Waals surface area (Å²) in [7, 11) is 0. The number of nitrogens with one attached hydrogen (secondary N) is 1. The Labute approximate surface area is 164 Å². The molecule has 0 bridgehead atoms. The van der Waals surface area contributed by atoms with Crippen molar-refractivity contribution in [2.75, 3.05) is 5.32 Å². The summed E-state index contributed by atoms with van der Waals surface area (Å²) in [4.78, 5) is 4.61. The monoisotopic (exact) mass is 358 g/mol. The van der Waals surface area contributed by atoms with Crippen molar-refractivity contribution in [3.05, 3.63) is 109 Å². The molecule has 1 N–H and O–H groups in total. The van der Waals surface area contributed by atoms with E-state index in [1.54, 1.807) is 6.20 Å². The Morgan fingerprint density at radius 3 is 2.00 bits per heavy atom. The average molecular weight is 359 g/mol. The van der Waals surface area contributed by atoms with Gasteiger partial charge in [-0.05, 0) is 55.4 Å². The Kier molecular flexibility index (Phi) is 10.7. The van der Waals surface area contributed by atoms with E-state index in [1.165, 1.54) is 11.1 Å². The molecule has 2 nitrogen and oxygen atoms in total. The number of hydrogen-bond acceptors (Lipinski definition) is 2. The molecule has 0 fully saturated rings. The highest BCUT2D eigenvalue weighted by Crippen LogP contribution is 2.15. The Morgan fingerprint density at radius 2 is 1.44 bits per heavy atom. The number of aryl methyl sites for hydroxylation is 1. The highest BCUT2D eigenvalue weighted by atomic mass is 14.8. The second kappa shape index (κ2) is 13.1. The van der Waals surface area contributed by atoms with Crippen molar-refractivity contribution >= 4 is 17.1 Å². The minimum absolute atomic E-state index is 1.02. The zero-order valence-electron chi connectivity index (χ0n) is 16.8. The predicted molar refractivity (Wildman–Crippen MR) is 121 cm³/mol. The Morgan fingerprint density at radius 1 is 0.852 bits per heavy atom. The zero-order valence-corrected chi connectivity index (χ0v) is 16.8. The first-order chi connectivity index (χ1) is 13.2. The highest BCUT2D eigenvalue weighted by molar-refractivity contribution is 6.00. The molecular weight excluding hydrogens is 328 g/mol. The van der Waals surface area contributed by atoms with Crippen LogP contribution in [0, 0.1) is 6.92 Å². The fraction of sp³-hybridized carbons (Fsp3) is 0.160. The molecule has 0 aliphatic carbocycles. The number of hydrogen-bond donors (Lipinski definition) is 1. The van der Waals surface area contributed by atoms with Crippen molar-refractivity contribution in [2.24, 2.45) is 4.99 Å². The first kappa shape index (κ1) is 21.9. The van der Waals surface area contributed by atoms with Crippen LogP contribution in [0.4, 0.5) is 11.4 Å². The summed E-state index contributed by atoms with van der Waals surface area (Å²) in [6, 6.07) is 28.4. The molecule has 0 spiro atoms. The predicted octanol–water partition coefficient (Wildman–Crippen LogP) is 7.40. The van der Waals surface area contributed by atoms with Crippen LogP contribution >= 0.6 is 0 Å². The van der Waals surface area contributed by atoms with Crippen LogP contribution in [0.25, 0.3) is 0 Å². The molecule has 0 aromatic heterocycles. The van der Waals surface area contributed by atoms with Gasteiger partial charge in [-0.15, -0.1) is 0 Å². The van der Waals surface area contributed by atoms with Crippen molar-refractivity contribution in [3.8, 4) is 0 Å². The number of nitrogens with zero attached hydrogens (tertiary/aromatic N) is 1. The van der Waals surface area contributed by atoms with Gasteiger partial charge in [0.25, 0.3) is 0 Å². The molecule has 0 amide bonds. The standard InChI is InChI=1S/C15H15N.C8H9N.C2H6/c1-12-7-6-10-15(11-12)16-13(2)14-8-4-3-5-9-14;1-2-9-8-6-4-3-5-7-8;1-2/h3-11H,1-2H3;2-7,9H,1H2;1-2H3. The van der Waals surface area contributed by atoms with E-state index >= 15 is 0 Å². The molecule has 0 atom stereocenters. The lowest BCUT2D eigenvalue weighted by molar-refractivity contribution is 1.41. The topological polar surface area (TPSA) is 24.4 Å². The smallest absolute Gasteiger partial charge is 0.0635 e. The molecule has 0 aliphatic rings. The molecule has 27 heavy (non-hydrogen) atoms. The van der Waals surface area contributed by atoms with Crippen LogP contribution in [-0.2, 0) is 0 Å². The lowest BCUT2D eigenvalue weighted by Crippen LogP contribution is -1.92. The van der Waals surface area contributed by atoms with Crippen LogP contribution in [-0.4, -0.2) is 5.71 Å². The van der Waals surface area contributed by atoms with Gasteiger partial charge < -0.3 is 5.32 Å². The summed E-state index contributed by atoms with van der Waals surface area (Å²) >= 11 is 0. The Hall–Kier alpha value is -3.13. The van der Waals surface area contributed by atoms with Gasteiger partial charge in [-0.1, -0.05) is 81.1 Å². The van der Waals surface area contributed by atoms with Gasteiger partial charge in [0, 0.05) is 11.4 Å². The minimum Gasteiger partial charge on any atom is -0.362 e. The zero-order chi connectivity index (χ0) is 19.9. The fourth-order valence-electron chi connectivity index (χ4n) is 2.29. The highest BCUT2D eigenvalue weighted by Gasteiger charge is 1.96. The van der Waals surface area contributed by atoms with E-state index in [1.807, 2.05) is 81.4 Å². The molecule has 0 saturated carbocycles. The summed E-state index contributed by atoms with van der Waals surface area (Å²) in [5, 5.41) is 2.97. The minimum atomic E-state index is 1.02. The largest absolute Gasteiger partial charge is 0.362 e. The number of rotatable bonds is 4. The molecule has 0 aliphatic heterocycles. The third kappa shape index (κ3) is 8.68. The van der Waals surface area contributed by atoms with E-state index < -0.39 is 0 Å². The van der Waals surface area contributed by atoms with E-state index in [0.29, 0.717) is 0 Å². The molecule has 0 saturated heterocycles. The number of benzene rings is 3. The molecule has 140 valence electrons. The normalized spacial score (nSPS) is 9.85. The second-order valence-electron chi connectivity index (χ2n) is 5.62. The summed E-state index contributed by atoms with van der Waals surface area (Å²) in [6.45, 7) is 11.7. The molecule has 0 heterocycles. The van der Waals surface area contributed by atoms with Crippen LogP contribution < -0.4 is 5.32 Å². The molecule has 2 heteroatoms. The molecule has 3 rings (SSSR count). The quantitative estimate of drug-likeness (QED) is 0.483. The third-order valence-electron chi connectivity index (χ3n) is 3.53. The SMILES string of the molecule is C=CNc1ccccc1.CC.CC(=Nc1cccc(C)c1)c1ccccc1. The summed E-state index contributed by atoms with van der Waals surface area (Å²) in [5.41, 5.74) is 5.55. The maximum atomic E-state index is 4.61. The van der Waals surface area contributed by atoms with E-state index in [9.17, 15) is 0 Å². The van der Waals surface area contributed by atoms with Crippen molar-refractivity contribution < 1.29 is 0 Å². The van der Waals surface area contributed by atoms with Crippen LogP contribution in [0.1, 0.15) is 31.9 Å². The second-order valence-corrected chi connectivity index (χ2v) is 5.62. The van der Waals surface area contributed by atoms with Gasteiger partial charge in [0.15, 0.2) is 0 Å². The molecular formula is C25H30N2. The van der Waals surface area contributed by atoms with Crippen LogP contribution in [0.15, 0.2) is 103 Å². The van der Waals surface area contributed by atoms with Gasteiger partial charge in [0.05, 0.1) is 5.69 Å². The van der Waals surface area contributed by atoms with Gasteiger partial charge >= 0.3 is 0 Å². The average Bonchev–Trinajstić information content (AvgIpc) is 2.72. The van der Waals surface area contributed by atoms with Crippen molar-refractivity contribution in [2.45, 2.75) is 27.7 Å². The van der Waals surface area contributed by atoms with Crippen LogP contribution in [0.3, 0.4) is 0 Å². The Balaban J connectivity index is 0.000000282. The maximum Gasteiger partial charge on any atom is 0.0635 e. The van der Waals surface area contributed by atoms with Gasteiger partial charge in [-0.25, -0.2) is 0 Å². The first-order valence-corrected chi connectivity index (χ1v) is 9.29. The van der Waals surface area contributed by atoms with Gasteiger partial charge in [-0.3, -0.25) is 4.99 Å². The molecule has 0 unspecified atom stereocenters. The van der Waals surface area contributed by atoms with E-state index in [2.05, 4.69) is 48.1 Å². The first-order valence-electron chi connectivity index (χ1n) is 9.29. The lowest BCUT2D eigenvalue weighted by Gasteiger charge is -2.01. The summed E-state index contributed by atoms with van der Waals surface area (Å²) in [5.74, 6) is 0. The summed E-state index contributed by atoms with van der Waals surface area (Å²) in [6.07, 6.45) is 1.66. The Bertz CT molecular complexity index is 806. The summed E-state index contributed by atoms with van der Waals surface area (Å²) < 4.78 is 0. The maximum absolute atomic E-state index is 4.61. The fourth-order valence-corrected chi connectivity index (χ4v) is 2.29. The number of anilines is 1. The van der Waals surface area contributed by atoms with Gasteiger partial charge in [0.1, 0.15) is 0 Å². The third-order valence-corrected chi connectivity index (χ3v) is 3.53. The van der Waals surface area contributed by atoms with Crippen molar-refractivity contribution in [3.63, 3.8) is 0 Å². The van der Waals surface area contributed by atoms with E-state index in [4.69, 9.17) is 0 Å². The van der Waals surface area contributed by atoms with Crippen molar-refractivity contribution in [1.29, 1.82) is 0 Å². The van der Waals surface area contributed by atoms with Crippen LogP contribution in [0.5, 0.6) is 0 Å². The number of aliphatic imine (C=N–C) groups is 1. The number of para-hydroxylation sites is 1. The van der Waals surface area contributed by atoms with Crippen LogP contribution in [0.2, 0.25) is 0 Å².